The first-order valence-corrected chi connectivity index (χ1v) is 7.43. The highest BCUT2D eigenvalue weighted by Gasteiger charge is 2.26. The Morgan fingerprint density at radius 3 is 2.59 bits per heavy atom. The molecule has 2 N–H and O–H groups in total. The summed E-state index contributed by atoms with van der Waals surface area (Å²) in [6.45, 7) is -0.222. The SMILES string of the molecule is O=C(COc1ccc(Cl)c(F)c1)N[C@H]1CC[C@H](C(=O)O)CC1. The lowest BCUT2D eigenvalue weighted by molar-refractivity contribution is -0.142. The molecule has 7 heteroatoms. The van der Waals surface area contributed by atoms with Crippen molar-refractivity contribution in [2.24, 2.45) is 5.92 Å². The van der Waals surface area contributed by atoms with Gasteiger partial charge in [-0.15, -0.1) is 0 Å². The van der Waals surface area contributed by atoms with Crippen molar-refractivity contribution in [1.29, 1.82) is 0 Å². The number of carbonyl (C=O) groups excluding carboxylic acids is 1. The van der Waals surface area contributed by atoms with Gasteiger partial charge >= 0.3 is 5.97 Å². The maximum atomic E-state index is 13.2. The number of ether oxygens (including phenoxy) is 1. The molecule has 1 aliphatic carbocycles. The molecule has 5 nitrogen and oxygen atoms in total. The molecule has 1 aromatic rings. The van der Waals surface area contributed by atoms with E-state index in [0.29, 0.717) is 25.7 Å². The van der Waals surface area contributed by atoms with Crippen LogP contribution >= 0.6 is 11.6 Å². The summed E-state index contributed by atoms with van der Waals surface area (Å²) in [5.41, 5.74) is 0. The molecule has 2 rings (SSSR count). The van der Waals surface area contributed by atoms with Crippen molar-refractivity contribution in [3.8, 4) is 5.75 Å². The molecule has 1 fully saturated rings. The third kappa shape index (κ3) is 4.59. The third-order valence-electron chi connectivity index (χ3n) is 3.70. The standard InChI is InChI=1S/C15H17ClFNO4/c16-12-6-5-11(7-13(12)17)22-8-14(19)18-10-3-1-9(2-4-10)15(20)21/h5-7,9-10H,1-4,8H2,(H,18,19)(H,20,21)/t9-,10-. The van der Waals surface area contributed by atoms with Gasteiger partial charge in [0.25, 0.3) is 5.91 Å². The number of halogens is 2. The summed E-state index contributed by atoms with van der Waals surface area (Å²) >= 11 is 5.55. The Labute approximate surface area is 132 Å². The number of rotatable bonds is 5. The molecule has 0 aliphatic heterocycles. The lowest BCUT2D eigenvalue weighted by Crippen LogP contribution is -2.40. The lowest BCUT2D eigenvalue weighted by Gasteiger charge is -2.26. The largest absolute Gasteiger partial charge is 0.484 e. The Bertz CT molecular complexity index is 558. The van der Waals surface area contributed by atoms with E-state index >= 15 is 0 Å². The molecule has 22 heavy (non-hydrogen) atoms. The maximum Gasteiger partial charge on any atom is 0.306 e. The van der Waals surface area contributed by atoms with Gasteiger partial charge in [-0.05, 0) is 37.8 Å². The van der Waals surface area contributed by atoms with E-state index in [9.17, 15) is 14.0 Å². The molecule has 0 bridgehead atoms. The summed E-state index contributed by atoms with van der Waals surface area (Å²) in [4.78, 5) is 22.6. The van der Waals surface area contributed by atoms with E-state index in [4.69, 9.17) is 21.4 Å². The summed E-state index contributed by atoms with van der Waals surface area (Å²) in [6, 6.07) is 3.93. The molecule has 1 aromatic carbocycles. The topological polar surface area (TPSA) is 75.6 Å². The van der Waals surface area contributed by atoms with Crippen molar-refractivity contribution in [3.63, 3.8) is 0 Å². The average molecular weight is 330 g/mol. The Hall–Kier alpha value is -1.82. The molecule has 0 saturated heterocycles. The number of hydrogen-bond acceptors (Lipinski definition) is 3. The Balaban J connectivity index is 1.74. The minimum absolute atomic E-state index is 0.00741. The van der Waals surface area contributed by atoms with Gasteiger partial charge in [-0.3, -0.25) is 9.59 Å². The summed E-state index contributed by atoms with van der Waals surface area (Å²) < 4.78 is 18.4. The van der Waals surface area contributed by atoms with Crippen LogP contribution in [0.3, 0.4) is 0 Å². The first kappa shape index (κ1) is 16.5. The minimum atomic E-state index is -0.780. The second-order valence-electron chi connectivity index (χ2n) is 5.32. The van der Waals surface area contributed by atoms with Crippen LogP contribution in [0.25, 0.3) is 0 Å². The second kappa shape index (κ2) is 7.45. The van der Waals surface area contributed by atoms with Crippen molar-refractivity contribution in [1.82, 2.24) is 5.32 Å². The first-order valence-electron chi connectivity index (χ1n) is 7.05. The lowest BCUT2D eigenvalue weighted by atomic mass is 9.86. The zero-order chi connectivity index (χ0) is 16.1. The van der Waals surface area contributed by atoms with Crippen LogP contribution in [0.1, 0.15) is 25.7 Å². The van der Waals surface area contributed by atoms with Crippen LogP contribution in [-0.2, 0) is 9.59 Å². The van der Waals surface area contributed by atoms with E-state index < -0.39 is 11.8 Å². The normalized spacial score (nSPS) is 21.2. The molecule has 1 saturated carbocycles. The molecule has 0 unspecified atom stereocenters. The molecule has 1 aliphatic rings. The summed E-state index contributed by atoms with van der Waals surface area (Å²) in [7, 11) is 0. The van der Waals surface area contributed by atoms with Crippen LogP contribution in [0.15, 0.2) is 18.2 Å². The summed E-state index contributed by atoms with van der Waals surface area (Å²) in [5, 5.41) is 11.7. The van der Waals surface area contributed by atoms with E-state index in [1.54, 1.807) is 0 Å². The highest BCUT2D eigenvalue weighted by atomic mass is 35.5. The van der Waals surface area contributed by atoms with Crippen molar-refractivity contribution in [2.45, 2.75) is 31.7 Å². The first-order chi connectivity index (χ1) is 10.5. The van der Waals surface area contributed by atoms with Gasteiger partial charge in [-0.1, -0.05) is 11.6 Å². The van der Waals surface area contributed by atoms with Gasteiger partial charge in [0.2, 0.25) is 0 Å². The minimum Gasteiger partial charge on any atom is -0.484 e. The highest BCUT2D eigenvalue weighted by Crippen LogP contribution is 2.24. The number of hydrogen-bond donors (Lipinski definition) is 2. The molecule has 0 aromatic heterocycles. The van der Waals surface area contributed by atoms with Crippen LogP contribution in [0.5, 0.6) is 5.75 Å². The van der Waals surface area contributed by atoms with Gasteiger partial charge in [0.1, 0.15) is 11.6 Å². The van der Waals surface area contributed by atoms with E-state index in [-0.39, 0.29) is 35.2 Å². The molecule has 0 heterocycles. The van der Waals surface area contributed by atoms with Gasteiger partial charge < -0.3 is 15.2 Å². The predicted octanol–water partition coefficient (Wildman–Crippen LogP) is 2.62. The van der Waals surface area contributed by atoms with Gasteiger partial charge in [-0.2, -0.15) is 0 Å². The number of carboxylic acid groups (broad SMARTS) is 1. The Kier molecular flexibility index (Phi) is 5.60. The van der Waals surface area contributed by atoms with E-state index in [1.807, 2.05) is 0 Å². The molecule has 0 atom stereocenters. The maximum absolute atomic E-state index is 13.2. The molecular weight excluding hydrogens is 313 g/mol. The van der Waals surface area contributed by atoms with Crippen LogP contribution in [0.4, 0.5) is 4.39 Å². The number of carboxylic acids is 1. The molecule has 1 amide bonds. The van der Waals surface area contributed by atoms with Crippen molar-refractivity contribution < 1.29 is 23.8 Å². The number of carbonyl (C=O) groups is 2. The fourth-order valence-corrected chi connectivity index (χ4v) is 2.59. The fourth-order valence-electron chi connectivity index (χ4n) is 2.47. The fraction of sp³-hybridized carbons (Fsp3) is 0.467. The molecular formula is C15H17ClFNO4. The zero-order valence-corrected chi connectivity index (χ0v) is 12.6. The molecule has 0 radical (unpaired) electrons. The summed E-state index contributed by atoms with van der Waals surface area (Å²) in [5.74, 6) is -1.79. The second-order valence-corrected chi connectivity index (χ2v) is 5.73. The quantitative estimate of drug-likeness (QED) is 0.870. The number of benzene rings is 1. The van der Waals surface area contributed by atoms with Crippen LogP contribution in [-0.4, -0.2) is 29.6 Å². The van der Waals surface area contributed by atoms with Crippen LogP contribution < -0.4 is 10.1 Å². The van der Waals surface area contributed by atoms with E-state index in [2.05, 4.69) is 5.32 Å². The van der Waals surface area contributed by atoms with Crippen LogP contribution in [0.2, 0.25) is 5.02 Å². The van der Waals surface area contributed by atoms with Gasteiger partial charge in [0.05, 0.1) is 10.9 Å². The Morgan fingerprint density at radius 1 is 1.32 bits per heavy atom. The van der Waals surface area contributed by atoms with Gasteiger partial charge in [-0.25, -0.2) is 4.39 Å². The molecule has 0 spiro atoms. The zero-order valence-electron chi connectivity index (χ0n) is 11.9. The van der Waals surface area contributed by atoms with Crippen LogP contribution in [0, 0.1) is 11.7 Å². The predicted molar refractivity (Wildman–Crippen MR) is 78.4 cm³/mol. The van der Waals surface area contributed by atoms with Gasteiger partial charge in [0, 0.05) is 12.1 Å². The highest BCUT2D eigenvalue weighted by molar-refractivity contribution is 6.30. The smallest absolute Gasteiger partial charge is 0.306 e. The van der Waals surface area contributed by atoms with E-state index in [0.717, 1.165) is 6.07 Å². The average Bonchev–Trinajstić information content (AvgIpc) is 2.49. The molecule has 120 valence electrons. The van der Waals surface area contributed by atoms with Crippen molar-refractivity contribution in [3.05, 3.63) is 29.0 Å². The monoisotopic (exact) mass is 329 g/mol. The van der Waals surface area contributed by atoms with Gasteiger partial charge in [0.15, 0.2) is 6.61 Å². The Morgan fingerprint density at radius 2 is 2.00 bits per heavy atom. The van der Waals surface area contributed by atoms with Crippen molar-refractivity contribution in [2.75, 3.05) is 6.61 Å². The number of nitrogens with one attached hydrogen (secondary N) is 1. The summed E-state index contributed by atoms with van der Waals surface area (Å²) in [6.07, 6.45) is 2.39. The number of amides is 1. The van der Waals surface area contributed by atoms with E-state index in [1.165, 1.54) is 12.1 Å². The third-order valence-corrected chi connectivity index (χ3v) is 4.01. The number of aliphatic carboxylic acids is 1. The van der Waals surface area contributed by atoms with Crippen molar-refractivity contribution >= 4 is 23.5 Å².